The molecule has 0 fully saturated rings. The Balaban J connectivity index is 4.10. The second-order valence-corrected chi connectivity index (χ2v) is 22.5. The molecule has 2 unspecified atom stereocenters. The van der Waals surface area contributed by atoms with Crippen LogP contribution in [0.2, 0.25) is 0 Å². The Bertz CT molecular complexity index is 1760. The van der Waals surface area contributed by atoms with Crippen molar-refractivity contribution in [3.05, 3.63) is 134 Å². The molecule has 10 heteroatoms. The summed E-state index contributed by atoms with van der Waals surface area (Å²) in [5, 5.41) is 0. The van der Waals surface area contributed by atoms with Crippen molar-refractivity contribution in [1.29, 1.82) is 0 Å². The van der Waals surface area contributed by atoms with Gasteiger partial charge in [-0.15, -0.1) is 0 Å². The third-order valence-corrected chi connectivity index (χ3v) is 13.4. The van der Waals surface area contributed by atoms with Crippen LogP contribution in [-0.4, -0.2) is 74.9 Å². The lowest BCUT2D eigenvalue weighted by Crippen LogP contribution is -2.37. The first-order valence-corrected chi connectivity index (χ1v) is 31.9. The van der Waals surface area contributed by atoms with Gasteiger partial charge in [0.2, 0.25) is 0 Å². The van der Waals surface area contributed by atoms with Gasteiger partial charge < -0.3 is 18.9 Å². The molecule has 77 heavy (non-hydrogen) atoms. The first-order valence-electron chi connectivity index (χ1n) is 30.4. The summed E-state index contributed by atoms with van der Waals surface area (Å²) in [4.78, 5) is 35.6. The van der Waals surface area contributed by atoms with Crippen LogP contribution in [0.25, 0.3) is 0 Å². The van der Waals surface area contributed by atoms with E-state index in [2.05, 4.69) is 148 Å². The van der Waals surface area contributed by atoms with Crippen LogP contribution in [0.4, 0.5) is 0 Å². The highest BCUT2D eigenvalue weighted by molar-refractivity contribution is 7.47. The van der Waals surface area contributed by atoms with Gasteiger partial charge in [-0.2, -0.15) is 0 Å². The van der Waals surface area contributed by atoms with Gasteiger partial charge in [-0.3, -0.25) is 18.6 Å². The number of carbonyl (C=O) groups is 2. The highest BCUT2D eigenvalue weighted by atomic mass is 31.2. The molecule has 9 nitrogen and oxygen atoms in total. The molecule has 0 radical (unpaired) electrons. The van der Waals surface area contributed by atoms with Crippen molar-refractivity contribution in [2.24, 2.45) is 0 Å². The number of nitrogens with zero attached hydrogens (tertiary/aromatic N) is 1. The monoisotopic (exact) mass is 1090 g/mol. The summed E-state index contributed by atoms with van der Waals surface area (Å²) in [6, 6.07) is 0. The van der Waals surface area contributed by atoms with E-state index in [1.54, 1.807) is 0 Å². The average Bonchev–Trinajstić information content (AvgIpc) is 3.39. The Hall–Kier alpha value is -3.85. The standard InChI is InChI=1S/C67H112NO8P/c1-6-8-10-12-14-16-18-20-21-22-23-24-25-26-27-28-29-30-31-32-33-34-35-36-37-38-39-40-41-42-43-44-45-46-47-48-50-52-54-56-58-60-67(70)76-65(64-75-77(71,72)74-62-61-68(3,4)5)63-73-66(69)59-57-55-53-51-49-19-17-15-13-11-9-7-2/h8,10,14,16,20-21,23-24,26-27,29-30,32-33,35-36,38-39,41-42,44-45,65H,6-7,9,11-13,15,17-19,22,25,28,31,34,37,40,43,46-64H2,1-5H3/p+1/b10-8-,16-14-,21-20-,24-23-,27-26-,30-29-,33-32-,36-35-,39-38-,42-41-,45-44-. The maximum Gasteiger partial charge on any atom is 0.472 e. The molecule has 0 heterocycles. The molecule has 0 amide bonds. The largest absolute Gasteiger partial charge is 0.472 e. The molecular formula is C67H113NO8P+. The number of rotatable bonds is 54. The van der Waals surface area contributed by atoms with Crippen molar-refractivity contribution in [1.82, 2.24) is 0 Å². The maximum atomic E-state index is 12.8. The molecule has 0 bridgehead atoms. The number of allylic oxidation sites excluding steroid dienone is 22. The van der Waals surface area contributed by atoms with E-state index < -0.39 is 26.5 Å². The van der Waals surface area contributed by atoms with Crippen LogP contribution in [0.5, 0.6) is 0 Å². The van der Waals surface area contributed by atoms with Crippen LogP contribution in [-0.2, 0) is 32.7 Å². The van der Waals surface area contributed by atoms with Crippen LogP contribution >= 0.6 is 7.82 Å². The van der Waals surface area contributed by atoms with E-state index in [1.807, 2.05) is 21.1 Å². The molecule has 0 saturated carbocycles. The molecular weight excluding hydrogens is 978 g/mol. The lowest BCUT2D eigenvalue weighted by molar-refractivity contribution is -0.870. The van der Waals surface area contributed by atoms with Crippen LogP contribution in [0.1, 0.15) is 226 Å². The summed E-state index contributed by atoms with van der Waals surface area (Å²) in [6.45, 7) is 4.28. The normalized spacial score (nSPS) is 14.2. The van der Waals surface area contributed by atoms with Crippen molar-refractivity contribution >= 4 is 19.8 Å². The molecule has 0 rings (SSSR count). The summed E-state index contributed by atoms with van der Waals surface area (Å²) in [5.74, 6) is -0.816. The van der Waals surface area contributed by atoms with E-state index in [0.29, 0.717) is 17.4 Å². The Labute approximate surface area is 472 Å². The van der Waals surface area contributed by atoms with Crippen molar-refractivity contribution in [3.63, 3.8) is 0 Å². The Kier molecular flexibility index (Phi) is 54.0. The number of carbonyl (C=O) groups excluding carboxylic acids is 2. The van der Waals surface area contributed by atoms with Crippen molar-refractivity contribution in [3.8, 4) is 0 Å². The van der Waals surface area contributed by atoms with E-state index in [4.69, 9.17) is 18.5 Å². The van der Waals surface area contributed by atoms with Crippen LogP contribution in [0.15, 0.2) is 134 Å². The van der Waals surface area contributed by atoms with Crippen molar-refractivity contribution in [2.75, 3.05) is 47.5 Å². The molecule has 0 spiro atoms. The second kappa shape index (κ2) is 56.9. The molecule has 0 aliphatic rings. The van der Waals surface area contributed by atoms with Gasteiger partial charge in [0, 0.05) is 12.8 Å². The number of quaternary nitrogens is 1. The molecule has 2 atom stereocenters. The summed E-state index contributed by atoms with van der Waals surface area (Å²) in [6.07, 6.45) is 82.5. The van der Waals surface area contributed by atoms with E-state index in [0.717, 1.165) is 116 Å². The van der Waals surface area contributed by atoms with Gasteiger partial charge in [0.25, 0.3) is 0 Å². The van der Waals surface area contributed by atoms with Gasteiger partial charge in [0.15, 0.2) is 6.10 Å². The molecule has 0 aromatic carbocycles. The fourth-order valence-corrected chi connectivity index (χ4v) is 8.53. The number of phosphoric acid groups is 1. The van der Waals surface area contributed by atoms with Crippen molar-refractivity contribution < 1.29 is 42.1 Å². The summed E-state index contributed by atoms with van der Waals surface area (Å²) in [5.41, 5.74) is 0. The molecule has 0 aromatic heterocycles. The highest BCUT2D eigenvalue weighted by Crippen LogP contribution is 2.43. The number of hydrogen-bond acceptors (Lipinski definition) is 7. The van der Waals surface area contributed by atoms with E-state index in [1.165, 1.54) is 77.0 Å². The number of phosphoric ester groups is 1. The second-order valence-electron chi connectivity index (χ2n) is 21.0. The quantitative estimate of drug-likeness (QED) is 0.0211. The first-order chi connectivity index (χ1) is 37.5. The molecule has 438 valence electrons. The van der Waals surface area contributed by atoms with E-state index in [-0.39, 0.29) is 32.0 Å². The van der Waals surface area contributed by atoms with Gasteiger partial charge >= 0.3 is 19.8 Å². The van der Waals surface area contributed by atoms with E-state index >= 15 is 0 Å². The van der Waals surface area contributed by atoms with Crippen LogP contribution in [0, 0.1) is 0 Å². The molecule has 0 aromatic rings. The van der Waals surface area contributed by atoms with Crippen LogP contribution < -0.4 is 0 Å². The highest BCUT2D eigenvalue weighted by Gasteiger charge is 2.27. The smallest absolute Gasteiger partial charge is 0.462 e. The summed E-state index contributed by atoms with van der Waals surface area (Å²) >= 11 is 0. The van der Waals surface area contributed by atoms with Crippen LogP contribution in [0.3, 0.4) is 0 Å². The first kappa shape index (κ1) is 73.2. The number of hydrogen-bond donors (Lipinski definition) is 1. The van der Waals surface area contributed by atoms with Gasteiger partial charge in [-0.05, 0) is 96.3 Å². The average molecular weight is 1090 g/mol. The lowest BCUT2D eigenvalue weighted by atomic mass is 10.0. The number of likely N-dealkylation sites (N-methyl/N-ethyl adjacent to an activating group) is 1. The SMILES string of the molecule is CC/C=C\C/C=C\C/C=C\C/C=C\C/C=C\C/C=C\C/C=C\C/C=C\C/C=C\C/C=C\C/C=C\CCCCCCCCCC(=O)OC(COC(=O)CCCCCCCCCCCCCC)COP(=O)(O)OCC[N+](C)(C)C. The maximum absolute atomic E-state index is 12.8. The summed E-state index contributed by atoms with van der Waals surface area (Å²) in [7, 11) is 1.46. The third-order valence-electron chi connectivity index (χ3n) is 12.4. The topological polar surface area (TPSA) is 108 Å². The van der Waals surface area contributed by atoms with Gasteiger partial charge in [0.1, 0.15) is 19.8 Å². The molecule has 0 saturated heterocycles. The fraction of sp³-hybridized carbons (Fsp3) is 0.642. The molecule has 0 aliphatic heterocycles. The predicted octanol–water partition coefficient (Wildman–Crippen LogP) is 19.3. The minimum Gasteiger partial charge on any atom is -0.462 e. The van der Waals surface area contributed by atoms with E-state index in [9.17, 15) is 19.0 Å². The zero-order chi connectivity index (χ0) is 56.3. The number of unbranched alkanes of at least 4 members (excludes halogenated alkanes) is 18. The minimum atomic E-state index is -4.39. The number of esters is 2. The molecule has 0 aliphatic carbocycles. The summed E-state index contributed by atoms with van der Waals surface area (Å²) < 4.78 is 34.5. The van der Waals surface area contributed by atoms with Gasteiger partial charge in [0.05, 0.1) is 27.7 Å². The number of ether oxygens (including phenoxy) is 2. The lowest BCUT2D eigenvalue weighted by Gasteiger charge is -2.24. The Morgan fingerprint density at radius 3 is 1.10 bits per heavy atom. The van der Waals surface area contributed by atoms with Gasteiger partial charge in [-0.1, -0.05) is 250 Å². The van der Waals surface area contributed by atoms with Gasteiger partial charge in [-0.25, -0.2) is 4.57 Å². The zero-order valence-corrected chi connectivity index (χ0v) is 50.5. The predicted molar refractivity (Wildman–Crippen MR) is 330 cm³/mol. The Morgan fingerprint density at radius 2 is 0.740 bits per heavy atom. The fourth-order valence-electron chi connectivity index (χ4n) is 7.78. The zero-order valence-electron chi connectivity index (χ0n) is 49.6. The molecule has 1 N–H and O–H groups in total. The minimum absolute atomic E-state index is 0.0244. The Morgan fingerprint density at radius 1 is 0.416 bits per heavy atom. The van der Waals surface area contributed by atoms with Crippen molar-refractivity contribution in [2.45, 2.75) is 232 Å². The third kappa shape index (κ3) is 61.2.